The summed E-state index contributed by atoms with van der Waals surface area (Å²) in [5, 5.41) is 3.12. The molecule has 2 aromatic rings. The summed E-state index contributed by atoms with van der Waals surface area (Å²) in [6.07, 6.45) is 1.13. The molecule has 0 saturated heterocycles. The maximum Gasteiger partial charge on any atom is 0.220 e. The van der Waals surface area contributed by atoms with Crippen molar-refractivity contribution >= 4 is 5.91 Å². The minimum atomic E-state index is 0.00191. The predicted octanol–water partition coefficient (Wildman–Crippen LogP) is 4.19. The van der Waals surface area contributed by atoms with Gasteiger partial charge in [-0.05, 0) is 74.1 Å². The van der Waals surface area contributed by atoms with E-state index in [4.69, 9.17) is 9.47 Å². The number of hydrogen-bond acceptors (Lipinski definition) is 3. The third kappa shape index (κ3) is 4.18. The molecule has 1 aliphatic heterocycles. The molecule has 3 rings (SSSR count). The van der Waals surface area contributed by atoms with Crippen LogP contribution in [0.2, 0.25) is 0 Å². The monoisotopic (exact) mass is 353 g/mol. The third-order valence-corrected chi connectivity index (χ3v) is 4.97. The number of rotatable bonds is 5. The van der Waals surface area contributed by atoms with Gasteiger partial charge in [0.2, 0.25) is 5.91 Å². The van der Waals surface area contributed by atoms with Crippen molar-refractivity contribution in [3.63, 3.8) is 0 Å². The molecule has 0 radical (unpaired) electrons. The lowest BCUT2D eigenvalue weighted by atomic mass is 9.96. The van der Waals surface area contributed by atoms with E-state index < -0.39 is 0 Å². The van der Waals surface area contributed by atoms with Gasteiger partial charge in [0.15, 0.2) is 11.5 Å². The number of amides is 1. The zero-order chi connectivity index (χ0) is 18.7. The van der Waals surface area contributed by atoms with Crippen LogP contribution in [0.25, 0.3) is 0 Å². The zero-order valence-corrected chi connectivity index (χ0v) is 16.0. The predicted molar refractivity (Wildman–Crippen MR) is 103 cm³/mol. The van der Waals surface area contributed by atoms with Crippen LogP contribution in [-0.4, -0.2) is 19.1 Å². The lowest BCUT2D eigenvalue weighted by Gasteiger charge is -2.19. The van der Waals surface area contributed by atoms with E-state index in [-0.39, 0.29) is 11.9 Å². The molecule has 0 bridgehead atoms. The molecule has 0 fully saturated rings. The normalized spacial score (nSPS) is 14.0. The van der Waals surface area contributed by atoms with Crippen LogP contribution >= 0.6 is 0 Å². The number of hydrogen-bond donors (Lipinski definition) is 1. The van der Waals surface area contributed by atoms with Crippen molar-refractivity contribution in [3.8, 4) is 11.5 Å². The highest BCUT2D eigenvalue weighted by Crippen LogP contribution is 2.31. The van der Waals surface area contributed by atoms with E-state index in [1.807, 2.05) is 25.1 Å². The van der Waals surface area contributed by atoms with Gasteiger partial charge in [0.25, 0.3) is 0 Å². The molecule has 4 nitrogen and oxygen atoms in total. The van der Waals surface area contributed by atoms with Gasteiger partial charge < -0.3 is 14.8 Å². The maximum atomic E-state index is 12.4. The molecular formula is C22H27NO3. The standard InChI is InChI=1S/C22H27NO3/c1-14-11-16(3)19(12-15(14)2)17(4)23-22(24)8-6-18-5-7-20-21(13-18)26-10-9-25-20/h5,7,11-13,17H,6,8-10H2,1-4H3,(H,23,24)/t17-/m0/s1. The number of nitrogens with one attached hydrogen (secondary N) is 1. The number of benzene rings is 2. The van der Waals surface area contributed by atoms with E-state index in [0.29, 0.717) is 26.1 Å². The molecule has 26 heavy (non-hydrogen) atoms. The lowest BCUT2D eigenvalue weighted by molar-refractivity contribution is -0.121. The van der Waals surface area contributed by atoms with Gasteiger partial charge in [-0.25, -0.2) is 0 Å². The van der Waals surface area contributed by atoms with Gasteiger partial charge in [-0.3, -0.25) is 4.79 Å². The van der Waals surface area contributed by atoms with Crippen LogP contribution in [-0.2, 0) is 11.2 Å². The van der Waals surface area contributed by atoms with Crippen LogP contribution in [0.1, 0.15) is 47.2 Å². The Kier molecular flexibility index (Phi) is 5.50. The Hall–Kier alpha value is -2.49. The Morgan fingerprint density at radius 1 is 1.00 bits per heavy atom. The first kappa shape index (κ1) is 18.3. The van der Waals surface area contributed by atoms with Gasteiger partial charge in [0.1, 0.15) is 13.2 Å². The zero-order valence-electron chi connectivity index (χ0n) is 16.0. The lowest BCUT2D eigenvalue weighted by Crippen LogP contribution is -2.27. The van der Waals surface area contributed by atoms with E-state index in [1.165, 1.54) is 22.3 Å². The van der Waals surface area contributed by atoms with Gasteiger partial charge in [-0.1, -0.05) is 18.2 Å². The molecule has 1 N–H and O–H groups in total. The number of carbonyl (C=O) groups is 1. The second-order valence-electron chi connectivity index (χ2n) is 7.06. The second kappa shape index (κ2) is 7.81. The first-order valence-electron chi connectivity index (χ1n) is 9.19. The molecule has 0 unspecified atom stereocenters. The Bertz CT molecular complexity index is 813. The smallest absolute Gasteiger partial charge is 0.220 e. The first-order chi connectivity index (χ1) is 12.4. The summed E-state index contributed by atoms with van der Waals surface area (Å²) in [7, 11) is 0. The van der Waals surface area contributed by atoms with Gasteiger partial charge in [-0.2, -0.15) is 0 Å². The molecule has 0 spiro atoms. The minimum absolute atomic E-state index is 0.00191. The fraction of sp³-hybridized carbons (Fsp3) is 0.409. The van der Waals surface area contributed by atoms with Gasteiger partial charge in [-0.15, -0.1) is 0 Å². The van der Waals surface area contributed by atoms with E-state index in [0.717, 1.165) is 17.1 Å². The SMILES string of the molecule is Cc1cc(C)c([C@H](C)NC(=O)CCc2ccc3c(c2)OCCO3)cc1C. The number of aryl methyl sites for hydroxylation is 4. The van der Waals surface area contributed by atoms with Crippen LogP contribution in [0.3, 0.4) is 0 Å². The van der Waals surface area contributed by atoms with E-state index in [1.54, 1.807) is 0 Å². The molecule has 2 aromatic carbocycles. The van der Waals surface area contributed by atoms with Crippen molar-refractivity contribution < 1.29 is 14.3 Å². The summed E-state index contributed by atoms with van der Waals surface area (Å²) >= 11 is 0. The molecular weight excluding hydrogens is 326 g/mol. The average Bonchev–Trinajstić information content (AvgIpc) is 2.62. The quantitative estimate of drug-likeness (QED) is 0.877. The second-order valence-corrected chi connectivity index (χ2v) is 7.06. The summed E-state index contributed by atoms with van der Waals surface area (Å²) in [5.74, 6) is 1.61. The molecule has 1 aliphatic rings. The van der Waals surface area contributed by atoms with Crippen LogP contribution < -0.4 is 14.8 Å². The van der Waals surface area contributed by atoms with Crippen LogP contribution in [0.15, 0.2) is 30.3 Å². The van der Waals surface area contributed by atoms with Gasteiger partial charge in [0.05, 0.1) is 6.04 Å². The van der Waals surface area contributed by atoms with Crippen LogP contribution in [0, 0.1) is 20.8 Å². The fourth-order valence-electron chi connectivity index (χ4n) is 3.34. The number of carbonyl (C=O) groups excluding carboxylic acids is 1. The highest BCUT2D eigenvalue weighted by Gasteiger charge is 2.15. The summed E-state index contributed by atoms with van der Waals surface area (Å²) in [4.78, 5) is 12.4. The summed E-state index contributed by atoms with van der Waals surface area (Å²) in [5.41, 5.74) is 6.01. The minimum Gasteiger partial charge on any atom is -0.486 e. The Balaban J connectivity index is 1.58. The summed E-state index contributed by atoms with van der Waals surface area (Å²) < 4.78 is 11.1. The van der Waals surface area contributed by atoms with Crippen molar-refractivity contribution in [1.29, 1.82) is 0 Å². The fourth-order valence-corrected chi connectivity index (χ4v) is 3.34. The van der Waals surface area contributed by atoms with Crippen LogP contribution in [0.4, 0.5) is 0 Å². The number of fused-ring (bicyclic) bond motifs is 1. The summed E-state index contributed by atoms with van der Waals surface area (Å²) in [6.45, 7) is 9.52. The molecule has 0 aromatic heterocycles. The third-order valence-electron chi connectivity index (χ3n) is 4.97. The topological polar surface area (TPSA) is 47.6 Å². The van der Waals surface area contributed by atoms with Gasteiger partial charge in [0, 0.05) is 6.42 Å². The maximum absolute atomic E-state index is 12.4. The largest absolute Gasteiger partial charge is 0.486 e. The molecule has 1 heterocycles. The molecule has 4 heteroatoms. The molecule has 0 saturated carbocycles. The molecule has 1 atom stereocenters. The average molecular weight is 353 g/mol. The summed E-state index contributed by atoms with van der Waals surface area (Å²) in [6, 6.07) is 10.3. The highest BCUT2D eigenvalue weighted by molar-refractivity contribution is 5.76. The Morgan fingerprint density at radius 3 is 2.46 bits per heavy atom. The van der Waals surface area contributed by atoms with E-state index in [9.17, 15) is 4.79 Å². The van der Waals surface area contributed by atoms with Crippen molar-refractivity contribution in [2.45, 2.75) is 46.6 Å². The first-order valence-corrected chi connectivity index (χ1v) is 9.19. The van der Waals surface area contributed by atoms with E-state index >= 15 is 0 Å². The van der Waals surface area contributed by atoms with E-state index in [2.05, 4.69) is 38.2 Å². The molecule has 0 aliphatic carbocycles. The Morgan fingerprint density at radius 2 is 1.69 bits per heavy atom. The highest BCUT2D eigenvalue weighted by atomic mass is 16.6. The van der Waals surface area contributed by atoms with Crippen molar-refractivity contribution in [2.24, 2.45) is 0 Å². The van der Waals surface area contributed by atoms with Crippen molar-refractivity contribution in [3.05, 3.63) is 58.1 Å². The van der Waals surface area contributed by atoms with Crippen molar-refractivity contribution in [1.82, 2.24) is 5.32 Å². The van der Waals surface area contributed by atoms with Gasteiger partial charge >= 0.3 is 0 Å². The molecule has 138 valence electrons. The molecule has 1 amide bonds. The van der Waals surface area contributed by atoms with Crippen molar-refractivity contribution in [2.75, 3.05) is 13.2 Å². The number of ether oxygens (including phenoxy) is 2. The van der Waals surface area contributed by atoms with Crippen LogP contribution in [0.5, 0.6) is 11.5 Å². The Labute approximate surface area is 155 Å².